The molecule has 6 aromatic rings. The first kappa shape index (κ1) is 62.6. The summed E-state index contributed by atoms with van der Waals surface area (Å²) in [6, 6.07) is 25.7. The number of phenols is 5. The Kier molecular flexibility index (Phi) is 27.9. The number of aldehydes is 5. The normalized spacial score (nSPS) is 9.93. The number of rotatable bonds is 14. The maximum atomic E-state index is 12.8. The monoisotopic (exact) mass is 1000 g/mol. The number of halogens is 3. The molecule has 0 amide bonds. The number of hydrogen-bond donors (Lipinski definition) is 5. The van der Waals surface area contributed by atoms with Gasteiger partial charge in [0.05, 0.1) is 27.8 Å². The van der Waals surface area contributed by atoms with Crippen LogP contribution in [0.5, 0.6) is 28.7 Å². The Morgan fingerprint density at radius 3 is 1.33 bits per heavy atom. The first-order valence-electron chi connectivity index (χ1n) is 22.8. The summed E-state index contributed by atoms with van der Waals surface area (Å²) >= 11 is 0. The molecule has 0 aliphatic rings. The number of carbonyl (C=O) groups excluding carboxylic acids is 6. The second-order valence-corrected chi connectivity index (χ2v) is 16.9. The molecule has 0 spiro atoms. The summed E-state index contributed by atoms with van der Waals surface area (Å²) in [6.07, 6.45) is 9.88. The van der Waals surface area contributed by atoms with Crippen LogP contribution < -0.4 is 0 Å². The lowest BCUT2D eigenvalue weighted by Gasteiger charge is -2.16. The summed E-state index contributed by atoms with van der Waals surface area (Å²) in [5, 5.41) is 46.6. The zero-order chi connectivity index (χ0) is 55.3. The van der Waals surface area contributed by atoms with Crippen molar-refractivity contribution in [1.29, 1.82) is 0 Å². The highest BCUT2D eigenvalue weighted by Crippen LogP contribution is 2.26. The van der Waals surface area contributed by atoms with E-state index in [1.165, 1.54) is 23.8 Å². The number of ketones is 1. The van der Waals surface area contributed by atoms with E-state index in [-0.39, 0.29) is 56.6 Å². The van der Waals surface area contributed by atoms with E-state index in [2.05, 4.69) is 13.2 Å². The Labute approximate surface area is 424 Å². The third-order valence-corrected chi connectivity index (χ3v) is 10.1. The molecule has 73 heavy (non-hydrogen) atoms. The molecule has 11 nitrogen and oxygen atoms in total. The Morgan fingerprint density at radius 2 is 0.890 bits per heavy atom. The van der Waals surface area contributed by atoms with Crippen molar-refractivity contribution in [3.63, 3.8) is 0 Å². The largest absolute Gasteiger partial charge is 0.507 e. The van der Waals surface area contributed by atoms with Gasteiger partial charge in [-0.3, -0.25) is 28.8 Å². The zero-order valence-electron chi connectivity index (χ0n) is 41.8. The molecule has 14 heteroatoms. The van der Waals surface area contributed by atoms with Gasteiger partial charge < -0.3 is 25.5 Å². The highest BCUT2D eigenvalue weighted by atomic mass is 19.1. The summed E-state index contributed by atoms with van der Waals surface area (Å²) in [5.41, 5.74) is 4.81. The molecular formula is C59H63F3O11. The molecular weight excluding hydrogens is 942 g/mol. The van der Waals surface area contributed by atoms with E-state index in [4.69, 9.17) is 5.11 Å². The summed E-state index contributed by atoms with van der Waals surface area (Å²) in [4.78, 5) is 63.4. The minimum absolute atomic E-state index is 0.0171. The maximum absolute atomic E-state index is 12.8. The van der Waals surface area contributed by atoms with Crippen LogP contribution in [0.2, 0.25) is 0 Å². The van der Waals surface area contributed by atoms with Crippen LogP contribution in [-0.2, 0) is 25.7 Å². The van der Waals surface area contributed by atoms with E-state index in [1.54, 1.807) is 36.4 Å². The molecule has 0 bridgehead atoms. The van der Waals surface area contributed by atoms with Gasteiger partial charge in [0.15, 0.2) is 37.2 Å². The minimum atomic E-state index is -0.531. The van der Waals surface area contributed by atoms with Gasteiger partial charge in [-0.05, 0) is 104 Å². The molecule has 0 radical (unpaired) electrons. The van der Waals surface area contributed by atoms with Crippen molar-refractivity contribution in [2.45, 2.75) is 80.1 Å². The molecule has 0 saturated carbocycles. The Bertz CT molecular complexity index is 2790. The van der Waals surface area contributed by atoms with Crippen LogP contribution >= 0.6 is 0 Å². The van der Waals surface area contributed by atoms with Gasteiger partial charge in [-0.1, -0.05) is 114 Å². The van der Waals surface area contributed by atoms with E-state index < -0.39 is 17.5 Å². The van der Waals surface area contributed by atoms with E-state index in [9.17, 15) is 62.4 Å². The minimum Gasteiger partial charge on any atom is -0.507 e. The molecule has 5 N–H and O–H groups in total. The Hall–Kier alpha value is -8.39. The first-order valence-corrected chi connectivity index (χ1v) is 22.8. The molecule has 0 aliphatic heterocycles. The number of Topliss-reactive ketones (excluding diaryl/α,β-unsaturated/α-hetero) is 1. The average Bonchev–Trinajstić information content (AvgIpc) is 3.36. The van der Waals surface area contributed by atoms with E-state index in [0.717, 1.165) is 66.3 Å². The molecule has 0 fully saturated rings. The van der Waals surface area contributed by atoms with Gasteiger partial charge in [-0.25, -0.2) is 13.2 Å². The molecule has 0 aromatic heterocycles. The predicted molar refractivity (Wildman–Crippen MR) is 278 cm³/mol. The zero-order valence-corrected chi connectivity index (χ0v) is 41.8. The highest BCUT2D eigenvalue weighted by Gasteiger charge is 2.22. The van der Waals surface area contributed by atoms with Crippen LogP contribution in [0, 0.1) is 29.8 Å². The van der Waals surface area contributed by atoms with Gasteiger partial charge in [0.25, 0.3) is 0 Å². The van der Waals surface area contributed by atoms with Crippen molar-refractivity contribution in [3.8, 4) is 28.7 Å². The molecule has 0 unspecified atom stereocenters. The summed E-state index contributed by atoms with van der Waals surface area (Å²) in [6.45, 7) is 18.8. The fourth-order valence-corrected chi connectivity index (χ4v) is 6.27. The van der Waals surface area contributed by atoms with Gasteiger partial charge in [-0.2, -0.15) is 0 Å². The second-order valence-electron chi connectivity index (χ2n) is 16.9. The third-order valence-electron chi connectivity index (χ3n) is 10.1. The number of hydrogen-bond acceptors (Lipinski definition) is 11. The molecule has 386 valence electrons. The molecule has 0 heterocycles. The van der Waals surface area contributed by atoms with Crippen LogP contribution in [-0.4, -0.2) is 62.7 Å². The van der Waals surface area contributed by atoms with Gasteiger partial charge in [0.2, 0.25) is 0 Å². The topological polar surface area (TPSA) is 204 Å². The summed E-state index contributed by atoms with van der Waals surface area (Å²) in [7, 11) is 0. The SMILES string of the molecule is C=CCc1cc(F)cc(C=O)c1O.C=CCc1cccc(C=O)c1O.CCCc1cc(F)cc(C=O)c1O.CCCc1cccc(C=O)c1O.Cc1ccc(C(=O)C(C)(C)C)cc1.O=Cc1cc(F)ccc1O. The van der Waals surface area contributed by atoms with E-state index >= 15 is 0 Å². The fourth-order valence-electron chi connectivity index (χ4n) is 6.27. The lowest BCUT2D eigenvalue weighted by atomic mass is 9.86. The third kappa shape index (κ3) is 21.2. The van der Waals surface area contributed by atoms with Gasteiger partial charge in [0, 0.05) is 16.5 Å². The summed E-state index contributed by atoms with van der Waals surface area (Å²) in [5.74, 6) is -1.61. The van der Waals surface area contributed by atoms with Gasteiger partial charge >= 0.3 is 0 Å². The fraction of sp³-hybridized carbons (Fsp3) is 0.220. The van der Waals surface area contributed by atoms with Crippen molar-refractivity contribution in [3.05, 3.63) is 207 Å². The Balaban J connectivity index is 0.000000439. The quantitative estimate of drug-likeness (QED) is 0.0394. The van der Waals surface area contributed by atoms with Gasteiger partial charge in [-0.15, -0.1) is 13.2 Å². The van der Waals surface area contributed by atoms with Crippen molar-refractivity contribution >= 4 is 37.2 Å². The Morgan fingerprint density at radius 1 is 0.493 bits per heavy atom. The number of para-hydroxylation sites is 2. The van der Waals surface area contributed by atoms with Crippen molar-refractivity contribution in [2.75, 3.05) is 0 Å². The second kappa shape index (κ2) is 32.5. The van der Waals surface area contributed by atoms with Crippen molar-refractivity contribution in [2.24, 2.45) is 5.41 Å². The molecule has 0 aliphatic carbocycles. The van der Waals surface area contributed by atoms with E-state index in [1.807, 2.05) is 71.9 Å². The first-order chi connectivity index (χ1) is 34.6. The lowest BCUT2D eigenvalue weighted by Crippen LogP contribution is -2.19. The predicted octanol–water partition coefficient (Wildman–Crippen LogP) is 13.0. The number of allylic oxidation sites excluding steroid dienone is 2. The maximum Gasteiger partial charge on any atom is 0.168 e. The molecule has 0 saturated heterocycles. The molecule has 6 rings (SSSR count). The molecule has 0 atom stereocenters. The lowest BCUT2D eigenvalue weighted by molar-refractivity contribution is 0.0857. The van der Waals surface area contributed by atoms with Crippen LogP contribution in [0.25, 0.3) is 0 Å². The number of phenolic OH excluding ortho intramolecular Hbond substituents is 5. The molecule has 6 aromatic carbocycles. The van der Waals surface area contributed by atoms with Gasteiger partial charge in [0.1, 0.15) is 46.2 Å². The van der Waals surface area contributed by atoms with Crippen LogP contribution in [0.15, 0.2) is 128 Å². The average molecular weight is 1010 g/mol. The van der Waals surface area contributed by atoms with Crippen LogP contribution in [0.4, 0.5) is 13.2 Å². The standard InChI is InChI=1S/C12H16O.C10H11FO2.C10H9FO2.C10H12O2.C10H10O2.C7H5FO2/c1-9-5-7-10(8-6-9)11(13)12(2,3)4;2*1-2-3-7-4-9(11)5-8(6-12)10(7)13;2*1-2-4-8-5-3-6-9(7-11)10(8)12;8-6-1-2-7(10)5(3-6)4-9/h5-8H,1-4H3;4-6,13H,2-3H2,1H3;2,4-6,13H,1,3H2;3,5-7,12H,2,4H2,1H3;2-3,5-7,12H,1,4H2;1-4,10H. The number of aromatic hydroxyl groups is 5. The number of benzene rings is 6. The highest BCUT2D eigenvalue weighted by molar-refractivity contribution is 5.99. The van der Waals surface area contributed by atoms with Crippen molar-refractivity contribution < 1.29 is 67.5 Å². The van der Waals surface area contributed by atoms with Crippen LogP contribution in [0.1, 0.15) is 137 Å². The number of carbonyl (C=O) groups is 6. The van der Waals surface area contributed by atoms with Crippen LogP contribution in [0.3, 0.4) is 0 Å². The number of aryl methyl sites for hydroxylation is 3. The summed E-state index contributed by atoms with van der Waals surface area (Å²) < 4.78 is 37.9. The van der Waals surface area contributed by atoms with Crippen molar-refractivity contribution in [1.82, 2.24) is 0 Å². The van der Waals surface area contributed by atoms with E-state index in [0.29, 0.717) is 72.9 Å². The smallest absolute Gasteiger partial charge is 0.168 e.